The Balaban J connectivity index is 2.08. The summed E-state index contributed by atoms with van der Waals surface area (Å²) in [6.45, 7) is 3.46. The van der Waals surface area contributed by atoms with Crippen LogP contribution in [0.25, 0.3) is 0 Å². The average Bonchev–Trinajstić information content (AvgIpc) is 2.30. The summed E-state index contributed by atoms with van der Waals surface area (Å²) in [5.74, 6) is 0.828. The Bertz CT molecular complexity index is 314. The number of hydrogen-bond acceptors (Lipinski definition) is 2. The first-order chi connectivity index (χ1) is 7.29. The van der Waals surface area contributed by atoms with Crippen molar-refractivity contribution in [3.8, 4) is 0 Å². The van der Waals surface area contributed by atoms with E-state index >= 15 is 0 Å². The van der Waals surface area contributed by atoms with Crippen molar-refractivity contribution in [1.82, 2.24) is 5.32 Å². The summed E-state index contributed by atoms with van der Waals surface area (Å²) in [6, 6.07) is 9.24. The molecule has 2 rings (SSSR count). The normalized spacial score (nSPS) is 26.3. The molecule has 2 nitrogen and oxygen atoms in total. The maximum atomic E-state index is 3.61. The summed E-state index contributed by atoms with van der Waals surface area (Å²) in [7, 11) is 1.97. The molecule has 0 bridgehead atoms. The molecule has 1 aliphatic heterocycles. The molecule has 2 atom stereocenters. The Kier molecular flexibility index (Phi) is 3.27. The van der Waals surface area contributed by atoms with E-state index in [2.05, 4.69) is 41.8 Å². The molecule has 1 aromatic rings. The predicted molar refractivity (Wildman–Crippen MR) is 65.1 cm³/mol. The molecule has 2 unspecified atom stereocenters. The molecule has 1 fully saturated rings. The monoisotopic (exact) mass is 204 g/mol. The highest BCUT2D eigenvalue weighted by Gasteiger charge is 2.18. The van der Waals surface area contributed by atoms with Crippen LogP contribution in [0.5, 0.6) is 0 Å². The molecule has 0 aliphatic carbocycles. The van der Waals surface area contributed by atoms with E-state index in [-0.39, 0.29) is 0 Å². The predicted octanol–water partition coefficient (Wildman–Crippen LogP) is 2.79. The minimum atomic E-state index is 0.550. The first-order valence-electron chi connectivity index (χ1n) is 5.80. The molecule has 0 radical (unpaired) electrons. The van der Waals surface area contributed by atoms with Gasteiger partial charge in [0, 0.05) is 18.8 Å². The van der Waals surface area contributed by atoms with E-state index in [0.29, 0.717) is 6.04 Å². The largest absolute Gasteiger partial charge is 0.388 e. The fourth-order valence-electron chi connectivity index (χ4n) is 2.19. The topological polar surface area (TPSA) is 24.1 Å². The molecule has 2 heteroatoms. The van der Waals surface area contributed by atoms with Crippen LogP contribution in [0, 0.1) is 5.92 Å². The first-order valence-corrected chi connectivity index (χ1v) is 5.80. The third-order valence-corrected chi connectivity index (χ3v) is 3.24. The van der Waals surface area contributed by atoms with Gasteiger partial charge in [0.1, 0.15) is 0 Å². The van der Waals surface area contributed by atoms with Gasteiger partial charge >= 0.3 is 0 Å². The summed E-state index contributed by atoms with van der Waals surface area (Å²) in [6.07, 6.45) is 2.59. The molecule has 15 heavy (non-hydrogen) atoms. The standard InChI is InChI=1S/C13H20N2/c1-10-6-7-13(15-9-10)11-4-3-5-12(8-11)14-2/h3-5,8,10,13-15H,6-7,9H2,1-2H3. The summed E-state index contributed by atoms with van der Waals surface area (Å²) in [5.41, 5.74) is 2.61. The van der Waals surface area contributed by atoms with Crippen molar-refractivity contribution in [2.24, 2.45) is 5.92 Å². The quantitative estimate of drug-likeness (QED) is 0.774. The van der Waals surface area contributed by atoms with Crippen LogP contribution in [0.15, 0.2) is 24.3 Å². The molecule has 0 spiro atoms. The maximum Gasteiger partial charge on any atom is 0.0340 e. The van der Waals surface area contributed by atoms with Crippen LogP contribution in [-0.2, 0) is 0 Å². The number of benzene rings is 1. The number of hydrogen-bond donors (Lipinski definition) is 2. The third-order valence-electron chi connectivity index (χ3n) is 3.24. The minimum absolute atomic E-state index is 0.550. The van der Waals surface area contributed by atoms with Gasteiger partial charge in [-0.2, -0.15) is 0 Å². The van der Waals surface area contributed by atoms with Gasteiger partial charge in [0.15, 0.2) is 0 Å². The number of anilines is 1. The number of piperidine rings is 1. The van der Waals surface area contributed by atoms with Gasteiger partial charge < -0.3 is 10.6 Å². The number of rotatable bonds is 2. The zero-order valence-corrected chi connectivity index (χ0v) is 9.59. The van der Waals surface area contributed by atoms with Crippen molar-refractivity contribution in [1.29, 1.82) is 0 Å². The molecule has 2 N–H and O–H groups in total. The van der Waals surface area contributed by atoms with Gasteiger partial charge in [-0.05, 0) is 43.0 Å². The third kappa shape index (κ3) is 2.51. The van der Waals surface area contributed by atoms with Gasteiger partial charge in [-0.1, -0.05) is 19.1 Å². The van der Waals surface area contributed by atoms with Crippen LogP contribution in [0.4, 0.5) is 5.69 Å². The molecule has 1 saturated heterocycles. The molecule has 0 aromatic heterocycles. The minimum Gasteiger partial charge on any atom is -0.388 e. The van der Waals surface area contributed by atoms with E-state index in [0.717, 1.165) is 12.5 Å². The van der Waals surface area contributed by atoms with Gasteiger partial charge in [-0.25, -0.2) is 0 Å². The SMILES string of the molecule is CNc1cccc(C2CCC(C)CN2)c1. The number of nitrogens with one attached hydrogen (secondary N) is 2. The fourth-order valence-corrected chi connectivity index (χ4v) is 2.19. The zero-order valence-electron chi connectivity index (χ0n) is 9.59. The molecule has 1 aromatic carbocycles. The summed E-state index contributed by atoms with van der Waals surface area (Å²) in [5, 5.41) is 6.80. The molecule has 82 valence electrons. The second-order valence-electron chi connectivity index (χ2n) is 4.52. The second kappa shape index (κ2) is 4.67. The van der Waals surface area contributed by atoms with Crippen molar-refractivity contribution >= 4 is 5.69 Å². The van der Waals surface area contributed by atoms with Crippen LogP contribution < -0.4 is 10.6 Å². The highest BCUT2D eigenvalue weighted by Crippen LogP contribution is 2.26. The van der Waals surface area contributed by atoms with E-state index in [1.807, 2.05) is 7.05 Å². The van der Waals surface area contributed by atoms with Crippen LogP contribution in [0.2, 0.25) is 0 Å². The van der Waals surface area contributed by atoms with Crippen LogP contribution in [0.3, 0.4) is 0 Å². The Labute approximate surface area is 92.1 Å². The second-order valence-corrected chi connectivity index (χ2v) is 4.52. The molecular weight excluding hydrogens is 184 g/mol. The summed E-state index contributed by atoms with van der Waals surface area (Å²) in [4.78, 5) is 0. The lowest BCUT2D eigenvalue weighted by atomic mass is 9.92. The van der Waals surface area contributed by atoms with Crippen LogP contribution in [-0.4, -0.2) is 13.6 Å². The lowest BCUT2D eigenvalue weighted by Gasteiger charge is -2.28. The van der Waals surface area contributed by atoms with E-state index in [1.54, 1.807) is 0 Å². The lowest BCUT2D eigenvalue weighted by Crippen LogP contribution is -2.31. The van der Waals surface area contributed by atoms with E-state index in [9.17, 15) is 0 Å². The van der Waals surface area contributed by atoms with Crippen molar-refractivity contribution in [3.05, 3.63) is 29.8 Å². The Hall–Kier alpha value is -1.02. The fraction of sp³-hybridized carbons (Fsp3) is 0.538. The highest BCUT2D eigenvalue weighted by molar-refractivity contribution is 5.45. The van der Waals surface area contributed by atoms with Crippen molar-refractivity contribution in [3.63, 3.8) is 0 Å². The van der Waals surface area contributed by atoms with Gasteiger partial charge in [0.05, 0.1) is 0 Å². The van der Waals surface area contributed by atoms with Gasteiger partial charge in [0.25, 0.3) is 0 Å². The average molecular weight is 204 g/mol. The Morgan fingerprint density at radius 1 is 1.33 bits per heavy atom. The summed E-state index contributed by atoms with van der Waals surface area (Å²) < 4.78 is 0. The Morgan fingerprint density at radius 2 is 2.20 bits per heavy atom. The highest BCUT2D eigenvalue weighted by atomic mass is 14.9. The van der Waals surface area contributed by atoms with Crippen molar-refractivity contribution in [2.45, 2.75) is 25.8 Å². The summed E-state index contributed by atoms with van der Waals surface area (Å²) >= 11 is 0. The molecule has 1 heterocycles. The van der Waals surface area contributed by atoms with E-state index in [4.69, 9.17) is 0 Å². The van der Waals surface area contributed by atoms with E-state index in [1.165, 1.54) is 24.1 Å². The van der Waals surface area contributed by atoms with Gasteiger partial charge in [0.2, 0.25) is 0 Å². The van der Waals surface area contributed by atoms with Crippen molar-refractivity contribution < 1.29 is 0 Å². The lowest BCUT2D eigenvalue weighted by molar-refractivity contribution is 0.333. The zero-order chi connectivity index (χ0) is 10.7. The maximum absolute atomic E-state index is 3.61. The molecule has 0 saturated carbocycles. The van der Waals surface area contributed by atoms with Gasteiger partial charge in [-0.15, -0.1) is 0 Å². The van der Waals surface area contributed by atoms with Gasteiger partial charge in [-0.3, -0.25) is 0 Å². The van der Waals surface area contributed by atoms with Crippen LogP contribution in [0.1, 0.15) is 31.4 Å². The van der Waals surface area contributed by atoms with Crippen molar-refractivity contribution in [2.75, 3.05) is 18.9 Å². The molecule has 0 amide bonds. The first kappa shape index (κ1) is 10.5. The Morgan fingerprint density at radius 3 is 2.87 bits per heavy atom. The van der Waals surface area contributed by atoms with E-state index < -0.39 is 0 Å². The molecule has 1 aliphatic rings. The molecular formula is C13H20N2. The van der Waals surface area contributed by atoms with Crippen LogP contribution >= 0.6 is 0 Å². The smallest absolute Gasteiger partial charge is 0.0340 e.